The third kappa shape index (κ3) is 4.91. The molecule has 1 saturated heterocycles. The Kier molecular flexibility index (Phi) is 7.14. The average Bonchev–Trinajstić information content (AvgIpc) is 3.29. The van der Waals surface area contributed by atoms with Crippen LogP contribution in [-0.2, 0) is 19.5 Å². The first-order chi connectivity index (χ1) is 17.5. The minimum atomic E-state index is -0.179. The van der Waals surface area contributed by atoms with Crippen LogP contribution < -0.4 is 5.73 Å². The number of rotatable bonds is 7. The first-order valence-corrected chi connectivity index (χ1v) is 12.8. The number of carbonyl (C=O) groups excluding carboxylic acids is 1. The Balaban J connectivity index is 1.32. The molecule has 0 spiro atoms. The molecule has 4 aromatic rings. The van der Waals surface area contributed by atoms with Crippen molar-refractivity contribution in [2.24, 2.45) is 5.73 Å². The van der Waals surface area contributed by atoms with Crippen LogP contribution in [0.2, 0.25) is 0 Å². The van der Waals surface area contributed by atoms with E-state index in [1.54, 1.807) is 12.3 Å². The molecule has 5 rings (SSSR count). The van der Waals surface area contributed by atoms with Gasteiger partial charge in [0.25, 0.3) is 5.91 Å². The smallest absolute Gasteiger partial charge is 0.256 e. The number of nitrogens with zero attached hydrogens (tertiary/aromatic N) is 3. The van der Waals surface area contributed by atoms with Crippen molar-refractivity contribution < 1.29 is 9.18 Å². The van der Waals surface area contributed by atoms with E-state index >= 15 is 0 Å². The van der Waals surface area contributed by atoms with Crippen LogP contribution in [0.3, 0.4) is 0 Å². The number of benzene rings is 2. The summed E-state index contributed by atoms with van der Waals surface area (Å²) in [6, 6.07) is 15.4. The lowest BCUT2D eigenvalue weighted by atomic mass is 9.88. The first-order valence-electron chi connectivity index (χ1n) is 12.8. The predicted octanol–water partition coefficient (Wildman–Crippen LogP) is 5.60. The second-order valence-corrected chi connectivity index (χ2v) is 9.80. The van der Waals surface area contributed by atoms with E-state index in [1.165, 1.54) is 17.2 Å². The largest absolute Gasteiger partial charge is 0.346 e. The molecule has 0 saturated carbocycles. The van der Waals surface area contributed by atoms with Gasteiger partial charge in [0.2, 0.25) is 0 Å². The zero-order chi connectivity index (χ0) is 25.1. The number of aromatic nitrogens is 2. The van der Waals surface area contributed by atoms with E-state index in [9.17, 15) is 9.18 Å². The van der Waals surface area contributed by atoms with Crippen LogP contribution >= 0.6 is 0 Å². The Morgan fingerprint density at radius 1 is 1.11 bits per heavy atom. The van der Waals surface area contributed by atoms with Crippen LogP contribution in [0.15, 0.2) is 67.1 Å². The van der Waals surface area contributed by atoms with Crippen LogP contribution in [0.25, 0.3) is 10.9 Å². The highest BCUT2D eigenvalue weighted by Gasteiger charge is 2.28. The van der Waals surface area contributed by atoms with Gasteiger partial charge >= 0.3 is 0 Å². The summed E-state index contributed by atoms with van der Waals surface area (Å²) in [7, 11) is 0. The third-order valence-electron chi connectivity index (χ3n) is 7.44. The van der Waals surface area contributed by atoms with Crippen LogP contribution in [-0.4, -0.2) is 33.4 Å². The fourth-order valence-electron chi connectivity index (χ4n) is 5.49. The van der Waals surface area contributed by atoms with Crippen LogP contribution in [0.1, 0.15) is 57.8 Å². The molecule has 2 aromatic carbocycles. The van der Waals surface area contributed by atoms with Crippen molar-refractivity contribution in [2.75, 3.05) is 13.1 Å². The molecule has 1 aliphatic heterocycles. The molecule has 0 unspecified atom stereocenters. The SMILES string of the molecule is Cc1cccc2c(C(=O)N3CCC(c4cc(CN)ccc4F)CC3)cn(CCCc3cccnc3)c12. The molecule has 186 valence electrons. The standard InChI is InChI=1S/C30H33FN4O/c1-21-5-2-8-25-27(20-35(29(21)25)14-4-7-22-6-3-13-33-19-22)30(36)34-15-11-24(12-16-34)26-17-23(18-32)9-10-28(26)31/h2-3,5-6,8-10,13,17,19-20,24H,4,7,11-12,14-16,18,32H2,1H3. The highest BCUT2D eigenvalue weighted by atomic mass is 19.1. The summed E-state index contributed by atoms with van der Waals surface area (Å²) in [5.74, 6) is -0.00957. The van der Waals surface area contributed by atoms with Crippen molar-refractivity contribution in [1.82, 2.24) is 14.5 Å². The molecule has 0 aliphatic carbocycles. The molecule has 0 bridgehead atoms. The number of halogens is 1. The maximum Gasteiger partial charge on any atom is 0.256 e. The average molecular weight is 485 g/mol. The van der Waals surface area contributed by atoms with Gasteiger partial charge in [-0.15, -0.1) is 0 Å². The van der Waals surface area contributed by atoms with Crippen molar-refractivity contribution in [1.29, 1.82) is 0 Å². The molecule has 1 amide bonds. The Morgan fingerprint density at radius 2 is 1.94 bits per heavy atom. The summed E-state index contributed by atoms with van der Waals surface area (Å²) in [4.78, 5) is 19.8. The van der Waals surface area contributed by atoms with Gasteiger partial charge in [-0.3, -0.25) is 9.78 Å². The van der Waals surface area contributed by atoms with Gasteiger partial charge in [0, 0.05) is 50.2 Å². The van der Waals surface area contributed by atoms with E-state index in [4.69, 9.17) is 5.73 Å². The van der Waals surface area contributed by atoms with Crippen LogP contribution in [0.4, 0.5) is 4.39 Å². The second-order valence-electron chi connectivity index (χ2n) is 9.80. The highest BCUT2D eigenvalue weighted by Crippen LogP contribution is 2.32. The van der Waals surface area contributed by atoms with Crippen molar-refractivity contribution >= 4 is 16.8 Å². The minimum absolute atomic E-state index is 0.0613. The van der Waals surface area contributed by atoms with E-state index < -0.39 is 0 Å². The normalized spacial score (nSPS) is 14.5. The molecule has 6 heteroatoms. The lowest BCUT2D eigenvalue weighted by molar-refractivity contribution is 0.0714. The van der Waals surface area contributed by atoms with Crippen LogP contribution in [0.5, 0.6) is 0 Å². The molecule has 1 aliphatic rings. The monoisotopic (exact) mass is 484 g/mol. The second kappa shape index (κ2) is 10.6. The van der Waals surface area contributed by atoms with Gasteiger partial charge in [-0.2, -0.15) is 0 Å². The van der Waals surface area contributed by atoms with Crippen molar-refractivity contribution in [2.45, 2.75) is 51.6 Å². The van der Waals surface area contributed by atoms with E-state index in [-0.39, 0.29) is 17.6 Å². The minimum Gasteiger partial charge on any atom is -0.346 e. The number of nitrogens with two attached hydrogens (primary N) is 1. The molecule has 36 heavy (non-hydrogen) atoms. The number of likely N-dealkylation sites (tertiary alicyclic amines) is 1. The van der Waals surface area contributed by atoms with Gasteiger partial charge in [-0.25, -0.2) is 4.39 Å². The first kappa shape index (κ1) is 24.2. The fraction of sp³-hybridized carbons (Fsp3) is 0.333. The molecule has 5 nitrogen and oxygen atoms in total. The zero-order valence-corrected chi connectivity index (χ0v) is 20.8. The topological polar surface area (TPSA) is 64.2 Å². The fourth-order valence-corrected chi connectivity index (χ4v) is 5.49. The lowest BCUT2D eigenvalue weighted by Gasteiger charge is -2.32. The summed E-state index contributed by atoms with van der Waals surface area (Å²) in [6.45, 7) is 4.58. The predicted molar refractivity (Wildman–Crippen MR) is 141 cm³/mol. The maximum atomic E-state index is 14.5. The van der Waals surface area contributed by atoms with E-state index in [1.807, 2.05) is 41.6 Å². The number of carbonyl (C=O) groups is 1. The molecule has 0 atom stereocenters. The van der Waals surface area contributed by atoms with E-state index in [0.717, 1.165) is 59.8 Å². The van der Waals surface area contributed by atoms with E-state index in [0.29, 0.717) is 19.6 Å². The molecule has 0 radical (unpaired) electrons. The molecule has 2 N–H and O–H groups in total. The van der Waals surface area contributed by atoms with Crippen molar-refractivity contribution in [3.63, 3.8) is 0 Å². The number of hydrogen-bond donors (Lipinski definition) is 1. The molecule has 2 aromatic heterocycles. The summed E-state index contributed by atoms with van der Waals surface area (Å²) in [5.41, 5.74) is 11.7. The number of hydrogen-bond acceptors (Lipinski definition) is 3. The summed E-state index contributed by atoms with van der Waals surface area (Å²) in [5, 5.41) is 1.00. The number of piperidine rings is 1. The maximum absolute atomic E-state index is 14.5. The summed E-state index contributed by atoms with van der Waals surface area (Å²) >= 11 is 0. The summed E-state index contributed by atoms with van der Waals surface area (Å²) < 4.78 is 16.7. The summed E-state index contributed by atoms with van der Waals surface area (Å²) in [6.07, 6.45) is 9.14. The Hall–Kier alpha value is -3.51. The third-order valence-corrected chi connectivity index (χ3v) is 7.44. The Morgan fingerprint density at radius 3 is 2.69 bits per heavy atom. The Bertz CT molecular complexity index is 1360. The molecular weight excluding hydrogens is 451 g/mol. The number of fused-ring (bicyclic) bond motifs is 1. The number of pyridine rings is 1. The zero-order valence-electron chi connectivity index (χ0n) is 20.8. The van der Waals surface area contributed by atoms with Gasteiger partial charge in [0.15, 0.2) is 0 Å². The quantitative estimate of drug-likeness (QED) is 0.372. The highest BCUT2D eigenvalue weighted by molar-refractivity contribution is 6.07. The van der Waals surface area contributed by atoms with Gasteiger partial charge < -0.3 is 15.2 Å². The van der Waals surface area contributed by atoms with Gasteiger partial charge in [0.1, 0.15) is 5.82 Å². The Labute approximate surface area is 211 Å². The molecular formula is C30H33FN4O. The number of aryl methyl sites for hydroxylation is 3. The van der Waals surface area contributed by atoms with Gasteiger partial charge in [-0.1, -0.05) is 36.4 Å². The van der Waals surface area contributed by atoms with Crippen LogP contribution in [0, 0.1) is 12.7 Å². The van der Waals surface area contributed by atoms with Crippen molar-refractivity contribution in [3.05, 3.63) is 101 Å². The molecule has 1 fully saturated rings. The van der Waals surface area contributed by atoms with E-state index in [2.05, 4.69) is 28.6 Å². The lowest BCUT2D eigenvalue weighted by Crippen LogP contribution is -2.38. The van der Waals surface area contributed by atoms with Gasteiger partial charge in [0.05, 0.1) is 11.1 Å². The van der Waals surface area contributed by atoms with Crippen molar-refractivity contribution in [3.8, 4) is 0 Å². The van der Waals surface area contributed by atoms with Gasteiger partial charge in [-0.05, 0) is 72.9 Å². The molecule has 3 heterocycles. The number of amides is 1. The number of para-hydroxylation sites is 1.